The van der Waals surface area contributed by atoms with Crippen LogP contribution in [0.15, 0.2) is 47.4 Å². The molecule has 0 heterocycles. The van der Waals surface area contributed by atoms with E-state index in [9.17, 15) is 0 Å². The fraction of sp³-hybridized carbons (Fsp3) is 0.333. The van der Waals surface area contributed by atoms with Crippen molar-refractivity contribution in [1.29, 1.82) is 0 Å². The van der Waals surface area contributed by atoms with Gasteiger partial charge in [-0.25, -0.2) is 0 Å². The van der Waals surface area contributed by atoms with Gasteiger partial charge >= 0.3 is 0 Å². The van der Waals surface area contributed by atoms with Crippen LogP contribution in [-0.4, -0.2) is 8.07 Å². The summed E-state index contributed by atoms with van der Waals surface area (Å²) < 4.78 is 0. The molecule has 0 aliphatic carbocycles. The van der Waals surface area contributed by atoms with Crippen LogP contribution in [0.3, 0.4) is 0 Å². The average molecular weight is 301 g/mol. The lowest BCUT2D eigenvalue weighted by Crippen LogP contribution is -2.37. The highest BCUT2D eigenvalue weighted by Gasteiger charge is 2.15. The fourth-order valence-electron chi connectivity index (χ4n) is 2.22. The minimum Gasteiger partial charge on any atom is -0.121 e. The molecule has 2 aromatic rings. The molecule has 0 atom stereocenters. The van der Waals surface area contributed by atoms with Crippen LogP contribution in [0.4, 0.5) is 0 Å². The van der Waals surface area contributed by atoms with Crippen molar-refractivity contribution < 1.29 is 0 Å². The lowest BCUT2D eigenvalue weighted by Gasteiger charge is -2.16. The molecule has 0 amide bonds. The Balaban J connectivity index is 2.04. The van der Waals surface area contributed by atoms with Crippen molar-refractivity contribution in [2.24, 2.45) is 0 Å². The first-order valence-electron chi connectivity index (χ1n) is 7.16. The van der Waals surface area contributed by atoms with Gasteiger partial charge in [0.15, 0.2) is 0 Å². The summed E-state index contributed by atoms with van der Waals surface area (Å²) in [5.74, 6) is 1.05. The largest absolute Gasteiger partial charge is 0.121 e. The molecule has 0 saturated carbocycles. The van der Waals surface area contributed by atoms with Crippen LogP contribution >= 0.6 is 11.8 Å². The topological polar surface area (TPSA) is 0 Å². The molecule has 0 spiro atoms. The number of hydrogen-bond acceptors (Lipinski definition) is 1. The molecule has 0 aliphatic heterocycles. The summed E-state index contributed by atoms with van der Waals surface area (Å²) in [7, 11) is -1.17. The molecule has 0 N–H and O–H groups in total. The highest BCUT2D eigenvalue weighted by Crippen LogP contribution is 2.26. The smallest absolute Gasteiger partial charge is 0.0775 e. The molecule has 20 heavy (non-hydrogen) atoms. The molecule has 0 unspecified atom stereocenters. The third-order valence-electron chi connectivity index (χ3n) is 3.54. The van der Waals surface area contributed by atoms with Gasteiger partial charge in [-0.1, -0.05) is 66.8 Å². The summed E-state index contributed by atoms with van der Waals surface area (Å²) in [5.41, 5.74) is 4.14. The Morgan fingerprint density at radius 1 is 0.900 bits per heavy atom. The summed E-state index contributed by atoms with van der Waals surface area (Å²) in [6.45, 7) is 11.5. The summed E-state index contributed by atoms with van der Waals surface area (Å²) in [6, 6.07) is 15.9. The summed E-state index contributed by atoms with van der Waals surface area (Å²) in [5, 5.41) is 1.54. The molecule has 106 valence electrons. The molecule has 2 aromatic carbocycles. The molecule has 2 rings (SSSR count). The third-order valence-corrected chi connectivity index (χ3v) is 6.86. The van der Waals surface area contributed by atoms with Gasteiger partial charge in [-0.2, -0.15) is 0 Å². The van der Waals surface area contributed by atoms with Crippen LogP contribution in [0, 0.1) is 13.8 Å². The molecule has 0 bridgehead atoms. The summed E-state index contributed by atoms with van der Waals surface area (Å²) in [6.07, 6.45) is 0. The molecule has 0 aromatic heterocycles. The molecule has 0 radical (unpaired) electrons. The Labute approximate surface area is 128 Å². The second-order valence-corrected chi connectivity index (χ2v) is 12.6. The van der Waals surface area contributed by atoms with Gasteiger partial charge in [-0.3, -0.25) is 0 Å². The van der Waals surface area contributed by atoms with E-state index in [0.29, 0.717) is 0 Å². The Kier molecular flexibility index (Phi) is 4.77. The van der Waals surface area contributed by atoms with Gasteiger partial charge < -0.3 is 0 Å². The predicted octanol–water partition coefficient (Wildman–Crippen LogP) is 5.14. The molecule has 0 saturated heterocycles. The van der Waals surface area contributed by atoms with Crippen molar-refractivity contribution in [2.75, 3.05) is 0 Å². The number of thioether (sulfide) groups is 1. The van der Waals surface area contributed by atoms with Crippen molar-refractivity contribution in [2.45, 2.75) is 44.1 Å². The molecular formula is C18H24SSi. The van der Waals surface area contributed by atoms with Gasteiger partial charge in [-0.15, -0.1) is 11.8 Å². The number of hydrogen-bond donors (Lipinski definition) is 0. The van der Waals surface area contributed by atoms with Crippen molar-refractivity contribution in [3.63, 3.8) is 0 Å². The van der Waals surface area contributed by atoms with Crippen molar-refractivity contribution in [3.8, 4) is 0 Å². The van der Waals surface area contributed by atoms with Crippen LogP contribution in [0.2, 0.25) is 19.6 Å². The van der Waals surface area contributed by atoms with Gasteiger partial charge in [0, 0.05) is 10.6 Å². The van der Waals surface area contributed by atoms with E-state index < -0.39 is 8.07 Å². The van der Waals surface area contributed by atoms with Gasteiger partial charge in [0.05, 0.1) is 8.07 Å². The second kappa shape index (κ2) is 6.19. The zero-order valence-electron chi connectivity index (χ0n) is 13.2. The van der Waals surface area contributed by atoms with Crippen molar-refractivity contribution in [3.05, 3.63) is 59.2 Å². The summed E-state index contributed by atoms with van der Waals surface area (Å²) in [4.78, 5) is 1.39. The number of rotatable bonds is 4. The van der Waals surface area contributed by atoms with Gasteiger partial charge in [0.1, 0.15) is 0 Å². The fourth-order valence-corrected chi connectivity index (χ4v) is 4.36. The van der Waals surface area contributed by atoms with E-state index >= 15 is 0 Å². The van der Waals surface area contributed by atoms with Gasteiger partial charge in [0.2, 0.25) is 0 Å². The molecular weight excluding hydrogens is 276 g/mol. The number of benzene rings is 2. The van der Waals surface area contributed by atoms with Crippen LogP contribution in [0.1, 0.15) is 16.7 Å². The Morgan fingerprint density at radius 2 is 1.55 bits per heavy atom. The highest BCUT2D eigenvalue weighted by atomic mass is 32.2. The first-order valence-corrected chi connectivity index (χ1v) is 11.6. The quantitative estimate of drug-likeness (QED) is 0.556. The van der Waals surface area contributed by atoms with Crippen LogP contribution in [0.25, 0.3) is 0 Å². The third kappa shape index (κ3) is 4.00. The Morgan fingerprint density at radius 3 is 2.10 bits per heavy atom. The van der Waals surface area contributed by atoms with E-state index in [2.05, 4.69) is 76.0 Å². The van der Waals surface area contributed by atoms with Crippen molar-refractivity contribution >= 4 is 25.0 Å². The van der Waals surface area contributed by atoms with Crippen LogP contribution < -0.4 is 5.19 Å². The zero-order valence-corrected chi connectivity index (χ0v) is 15.0. The predicted molar refractivity (Wildman–Crippen MR) is 94.9 cm³/mol. The zero-order chi connectivity index (χ0) is 14.8. The lowest BCUT2D eigenvalue weighted by atomic mass is 10.2. The van der Waals surface area contributed by atoms with Crippen molar-refractivity contribution in [1.82, 2.24) is 0 Å². The van der Waals surface area contributed by atoms with Gasteiger partial charge in [-0.05, 0) is 31.0 Å². The minimum absolute atomic E-state index is 1.05. The lowest BCUT2D eigenvalue weighted by molar-refractivity contribution is 1.25. The van der Waals surface area contributed by atoms with E-state index in [-0.39, 0.29) is 0 Å². The monoisotopic (exact) mass is 300 g/mol. The van der Waals surface area contributed by atoms with E-state index in [0.717, 1.165) is 5.75 Å². The standard InChI is InChI=1S/C18H24SSi/c1-14-6-11-18(15(2)12-14)19-13-16-7-9-17(10-8-16)20(3,4)5/h6-12H,13H2,1-5H3. The Bertz CT molecular complexity index is 579. The first kappa shape index (κ1) is 15.4. The van der Waals surface area contributed by atoms with Crippen LogP contribution in [0.5, 0.6) is 0 Å². The van der Waals surface area contributed by atoms with E-state index in [1.807, 2.05) is 11.8 Å². The maximum atomic E-state index is 2.40. The first-order chi connectivity index (χ1) is 9.36. The molecule has 2 heteroatoms. The minimum atomic E-state index is -1.17. The molecule has 0 aliphatic rings. The maximum absolute atomic E-state index is 2.40. The van der Waals surface area contributed by atoms with E-state index in [1.54, 1.807) is 0 Å². The molecule has 0 fully saturated rings. The average Bonchev–Trinajstić information content (AvgIpc) is 2.37. The Hall–Kier alpha value is -0.993. The highest BCUT2D eigenvalue weighted by molar-refractivity contribution is 7.98. The van der Waals surface area contributed by atoms with Gasteiger partial charge in [0.25, 0.3) is 0 Å². The number of aryl methyl sites for hydroxylation is 2. The molecule has 0 nitrogen and oxygen atoms in total. The normalized spacial score (nSPS) is 11.7. The summed E-state index contributed by atoms with van der Waals surface area (Å²) >= 11 is 1.93. The maximum Gasteiger partial charge on any atom is 0.0775 e. The van der Waals surface area contributed by atoms with E-state index in [4.69, 9.17) is 0 Å². The van der Waals surface area contributed by atoms with E-state index in [1.165, 1.54) is 26.8 Å². The SMILES string of the molecule is Cc1ccc(SCc2ccc([Si](C)(C)C)cc2)c(C)c1. The van der Waals surface area contributed by atoms with Crippen LogP contribution in [-0.2, 0) is 5.75 Å². The second-order valence-electron chi connectivity index (χ2n) is 6.50.